The molecular formula is C21H21Cl2F3N6. The fourth-order valence-electron chi connectivity index (χ4n) is 4.19. The predicted octanol–water partition coefficient (Wildman–Crippen LogP) is 6.08. The van der Waals surface area contributed by atoms with Gasteiger partial charge in [0.25, 0.3) is 0 Å². The molecular weight excluding hydrogens is 464 g/mol. The predicted molar refractivity (Wildman–Crippen MR) is 118 cm³/mol. The molecule has 1 saturated heterocycles. The molecule has 6 nitrogen and oxygen atoms in total. The summed E-state index contributed by atoms with van der Waals surface area (Å²) < 4.78 is 40.6. The number of halogens is 5. The number of piperidine rings is 1. The van der Waals surface area contributed by atoms with E-state index in [2.05, 4.69) is 27.3 Å². The Morgan fingerprint density at radius 3 is 2.50 bits per heavy atom. The van der Waals surface area contributed by atoms with Gasteiger partial charge in [0, 0.05) is 29.7 Å². The van der Waals surface area contributed by atoms with Gasteiger partial charge in [-0.2, -0.15) is 18.3 Å². The van der Waals surface area contributed by atoms with Gasteiger partial charge < -0.3 is 5.32 Å². The second-order valence-electron chi connectivity index (χ2n) is 8.74. The summed E-state index contributed by atoms with van der Waals surface area (Å²) in [4.78, 5) is 9.48. The molecule has 2 aliphatic rings. The van der Waals surface area contributed by atoms with Crippen molar-refractivity contribution in [3.8, 4) is 0 Å². The van der Waals surface area contributed by atoms with E-state index in [0.29, 0.717) is 45.1 Å². The van der Waals surface area contributed by atoms with Crippen LogP contribution in [0.25, 0.3) is 10.9 Å². The number of nitrogens with one attached hydrogen (secondary N) is 1. The number of likely N-dealkylation sites (tertiary alicyclic amines) is 1. The summed E-state index contributed by atoms with van der Waals surface area (Å²) >= 11 is 13.0. The molecule has 0 spiro atoms. The van der Waals surface area contributed by atoms with Crippen molar-refractivity contribution in [2.24, 2.45) is 0 Å². The Hall–Kier alpha value is -2.10. The summed E-state index contributed by atoms with van der Waals surface area (Å²) in [7, 11) is 0. The average molecular weight is 485 g/mol. The third-order valence-electron chi connectivity index (χ3n) is 6.43. The van der Waals surface area contributed by atoms with Crippen LogP contribution >= 0.6 is 23.2 Å². The molecule has 1 saturated carbocycles. The number of anilines is 2. The summed E-state index contributed by atoms with van der Waals surface area (Å²) in [6.45, 7) is 2.02. The number of fused-ring (bicyclic) bond motifs is 1. The van der Waals surface area contributed by atoms with Crippen LogP contribution in [-0.2, 0) is 5.54 Å². The van der Waals surface area contributed by atoms with Crippen molar-refractivity contribution in [2.45, 2.75) is 50.4 Å². The van der Waals surface area contributed by atoms with Crippen molar-refractivity contribution >= 4 is 45.7 Å². The van der Waals surface area contributed by atoms with Crippen LogP contribution in [-0.4, -0.2) is 44.0 Å². The minimum Gasteiger partial charge on any atom is -0.320 e. The van der Waals surface area contributed by atoms with Crippen LogP contribution in [0.3, 0.4) is 0 Å². The lowest BCUT2D eigenvalue weighted by Crippen LogP contribution is -2.43. The summed E-state index contributed by atoms with van der Waals surface area (Å²) in [5.74, 6) is 0.309. The smallest absolute Gasteiger partial charge is 0.320 e. The second-order valence-corrected chi connectivity index (χ2v) is 9.50. The molecule has 2 aromatic heterocycles. The molecule has 170 valence electrons. The van der Waals surface area contributed by atoms with Crippen molar-refractivity contribution in [1.82, 2.24) is 24.6 Å². The van der Waals surface area contributed by atoms with Gasteiger partial charge >= 0.3 is 6.30 Å². The van der Waals surface area contributed by atoms with Crippen LogP contribution in [0.15, 0.2) is 24.5 Å². The number of hydrogen-bond acceptors (Lipinski definition) is 5. The average Bonchev–Trinajstić information content (AvgIpc) is 3.39. The van der Waals surface area contributed by atoms with E-state index < -0.39 is 6.30 Å². The monoisotopic (exact) mass is 484 g/mol. The van der Waals surface area contributed by atoms with Gasteiger partial charge in [-0.05, 0) is 56.2 Å². The molecule has 0 radical (unpaired) electrons. The zero-order valence-corrected chi connectivity index (χ0v) is 18.8. The van der Waals surface area contributed by atoms with E-state index in [-0.39, 0.29) is 24.5 Å². The first-order valence-electron chi connectivity index (χ1n) is 10.4. The Kier molecular flexibility index (Phi) is 5.26. The first-order valence-corrected chi connectivity index (χ1v) is 11.2. The maximum absolute atomic E-state index is 12.9. The molecule has 5 rings (SSSR count). The fraction of sp³-hybridized carbons (Fsp3) is 0.476. The minimum absolute atomic E-state index is 0.0331. The number of benzene rings is 1. The van der Waals surface area contributed by atoms with Gasteiger partial charge in [0.15, 0.2) is 5.15 Å². The van der Waals surface area contributed by atoms with Gasteiger partial charge in [0.05, 0.1) is 22.9 Å². The van der Waals surface area contributed by atoms with Crippen molar-refractivity contribution in [3.05, 3.63) is 40.3 Å². The van der Waals surface area contributed by atoms with Crippen LogP contribution in [0.5, 0.6) is 0 Å². The van der Waals surface area contributed by atoms with E-state index in [1.54, 1.807) is 18.5 Å². The minimum atomic E-state index is -4.29. The molecule has 0 amide bonds. The van der Waals surface area contributed by atoms with E-state index in [0.717, 1.165) is 23.8 Å². The lowest BCUT2D eigenvalue weighted by Gasteiger charge is -2.33. The normalized spacial score (nSPS) is 19.4. The van der Waals surface area contributed by atoms with Gasteiger partial charge in [-0.25, -0.2) is 19.5 Å². The largest absolute Gasteiger partial charge is 0.459 e. The lowest BCUT2D eigenvalue weighted by atomic mass is 9.89. The van der Waals surface area contributed by atoms with Crippen LogP contribution in [0.4, 0.5) is 24.8 Å². The van der Waals surface area contributed by atoms with E-state index in [1.165, 1.54) is 0 Å². The van der Waals surface area contributed by atoms with Crippen LogP contribution in [0, 0.1) is 0 Å². The van der Waals surface area contributed by atoms with Crippen molar-refractivity contribution in [3.63, 3.8) is 0 Å². The number of hydrogen-bond donors (Lipinski definition) is 1. The Morgan fingerprint density at radius 2 is 1.84 bits per heavy atom. The first kappa shape index (κ1) is 21.7. The molecule has 2 fully saturated rings. The fourth-order valence-corrected chi connectivity index (χ4v) is 4.86. The summed E-state index contributed by atoms with van der Waals surface area (Å²) in [6.07, 6.45) is 1.85. The second kappa shape index (κ2) is 7.74. The molecule has 0 atom stereocenters. The van der Waals surface area contributed by atoms with Crippen LogP contribution in [0.2, 0.25) is 10.2 Å². The molecule has 3 heterocycles. The number of nitrogens with zero attached hydrogens (tertiary/aromatic N) is 5. The number of alkyl halides is 3. The molecule has 1 N–H and O–H groups in total. The maximum Gasteiger partial charge on any atom is 0.459 e. The maximum atomic E-state index is 12.9. The highest BCUT2D eigenvalue weighted by Crippen LogP contribution is 2.45. The Balaban J connectivity index is 1.38. The molecule has 1 aliphatic heterocycles. The van der Waals surface area contributed by atoms with Crippen molar-refractivity contribution in [1.29, 1.82) is 0 Å². The van der Waals surface area contributed by atoms with Gasteiger partial charge in [-0.15, -0.1) is 0 Å². The quantitative estimate of drug-likeness (QED) is 0.454. The molecule has 11 heteroatoms. The highest BCUT2D eigenvalue weighted by molar-refractivity contribution is 6.32. The van der Waals surface area contributed by atoms with Crippen LogP contribution in [0.1, 0.15) is 44.1 Å². The lowest BCUT2D eigenvalue weighted by molar-refractivity contribution is -0.250. The Labute approximate surface area is 192 Å². The van der Waals surface area contributed by atoms with E-state index in [1.807, 2.05) is 10.7 Å². The highest BCUT2D eigenvalue weighted by atomic mass is 35.5. The molecule has 3 aromatic rings. The summed E-state index contributed by atoms with van der Waals surface area (Å²) in [5.41, 5.74) is 2.07. The van der Waals surface area contributed by atoms with Crippen LogP contribution < -0.4 is 5.32 Å². The van der Waals surface area contributed by atoms with E-state index >= 15 is 0 Å². The van der Waals surface area contributed by atoms with Gasteiger partial charge in [0.1, 0.15) is 0 Å². The molecule has 1 aliphatic carbocycles. The number of rotatable bonds is 4. The van der Waals surface area contributed by atoms with Crippen molar-refractivity contribution < 1.29 is 13.2 Å². The zero-order valence-electron chi connectivity index (χ0n) is 17.3. The van der Waals surface area contributed by atoms with Crippen molar-refractivity contribution in [2.75, 3.05) is 18.4 Å². The third kappa shape index (κ3) is 4.02. The molecule has 0 bridgehead atoms. The van der Waals surface area contributed by atoms with E-state index in [4.69, 9.17) is 23.2 Å². The van der Waals surface area contributed by atoms with Gasteiger partial charge in [0.2, 0.25) is 5.95 Å². The molecule has 1 aromatic carbocycles. The Bertz CT molecular complexity index is 1170. The molecule has 32 heavy (non-hydrogen) atoms. The SMILES string of the molecule is CC1(n2ncc(Nc3ncc4cc(Cl)c(C5CCN(C(F)(F)F)CC5)cc4n3)c2Cl)CC1. The third-order valence-corrected chi connectivity index (χ3v) is 7.12. The van der Waals surface area contributed by atoms with Gasteiger partial charge in [-0.3, -0.25) is 0 Å². The summed E-state index contributed by atoms with van der Waals surface area (Å²) in [6, 6.07) is 3.62. The van der Waals surface area contributed by atoms with E-state index in [9.17, 15) is 13.2 Å². The Morgan fingerprint density at radius 1 is 1.12 bits per heavy atom. The number of aromatic nitrogens is 4. The molecule has 0 unspecified atom stereocenters. The zero-order chi connectivity index (χ0) is 22.7. The topological polar surface area (TPSA) is 58.9 Å². The summed E-state index contributed by atoms with van der Waals surface area (Å²) in [5, 5.41) is 9.28. The standard InChI is InChI=1S/C21H21Cl2F3N6/c1-20(4-5-20)32-18(23)17(11-28-32)30-19-27-10-13-8-15(22)14(9-16(13)29-19)12-2-6-31(7-3-12)21(24,25)26/h8-12H,2-7H2,1H3,(H,27,29,30). The van der Waals surface area contributed by atoms with Gasteiger partial charge in [-0.1, -0.05) is 23.2 Å². The first-order chi connectivity index (χ1) is 15.1. The highest BCUT2D eigenvalue weighted by Gasteiger charge is 2.42.